The fraction of sp³-hybridized carbons (Fsp3) is 0.824. The molecular weight excluding hydrogens is 280 g/mol. The van der Waals surface area contributed by atoms with Gasteiger partial charge in [-0.2, -0.15) is 0 Å². The fourth-order valence-corrected chi connectivity index (χ4v) is 5.73. The molecule has 1 heterocycles. The zero-order chi connectivity index (χ0) is 15.3. The second-order valence-electron chi connectivity index (χ2n) is 7.89. The molecule has 5 aliphatic rings. The Morgan fingerprint density at radius 3 is 2.00 bits per heavy atom. The van der Waals surface area contributed by atoms with Crippen LogP contribution in [0.1, 0.15) is 51.4 Å². The minimum atomic E-state index is -0.145. The molecule has 0 spiro atoms. The molecule has 4 saturated carbocycles. The number of rotatable bonds is 4. The second-order valence-corrected chi connectivity index (χ2v) is 7.89. The van der Waals surface area contributed by atoms with Gasteiger partial charge in [-0.3, -0.25) is 19.3 Å². The van der Waals surface area contributed by atoms with Crippen LogP contribution < -0.4 is 5.32 Å². The van der Waals surface area contributed by atoms with E-state index >= 15 is 0 Å². The van der Waals surface area contributed by atoms with Crippen molar-refractivity contribution in [3.8, 4) is 0 Å². The van der Waals surface area contributed by atoms with Gasteiger partial charge in [0.25, 0.3) is 0 Å². The topological polar surface area (TPSA) is 66.5 Å². The molecule has 22 heavy (non-hydrogen) atoms. The Labute approximate surface area is 130 Å². The van der Waals surface area contributed by atoms with Gasteiger partial charge in [0.05, 0.1) is 0 Å². The average molecular weight is 304 g/mol. The Bertz CT molecular complexity index is 477. The van der Waals surface area contributed by atoms with Gasteiger partial charge in [0.2, 0.25) is 17.7 Å². The largest absolute Gasteiger partial charge is 0.354 e. The van der Waals surface area contributed by atoms with Crippen molar-refractivity contribution in [1.82, 2.24) is 10.2 Å². The first-order chi connectivity index (χ1) is 10.6. The lowest BCUT2D eigenvalue weighted by Gasteiger charge is -2.55. The first kappa shape index (κ1) is 14.2. The Morgan fingerprint density at radius 1 is 1.00 bits per heavy atom. The van der Waals surface area contributed by atoms with E-state index in [1.165, 1.54) is 24.2 Å². The lowest BCUT2D eigenvalue weighted by molar-refractivity contribution is -0.147. The molecule has 1 saturated heterocycles. The summed E-state index contributed by atoms with van der Waals surface area (Å²) in [6.45, 7) is 0.730. The number of hydrogen-bond donors (Lipinski definition) is 1. The maximum Gasteiger partial charge on any atom is 0.229 e. The first-order valence-corrected chi connectivity index (χ1v) is 8.67. The normalized spacial score (nSPS) is 39.6. The lowest BCUT2D eigenvalue weighted by atomic mass is 9.49. The van der Waals surface area contributed by atoms with Gasteiger partial charge in [-0.25, -0.2) is 0 Å². The highest BCUT2D eigenvalue weighted by molar-refractivity contribution is 6.01. The van der Waals surface area contributed by atoms with Crippen LogP contribution in [0.4, 0.5) is 0 Å². The number of imide groups is 1. The van der Waals surface area contributed by atoms with Crippen molar-refractivity contribution in [1.29, 1.82) is 0 Å². The molecule has 4 bridgehead atoms. The minimum Gasteiger partial charge on any atom is -0.354 e. The van der Waals surface area contributed by atoms with Crippen LogP contribution in [0.2, 0.25) is 0 Å². The van der Waals surface area contributed by atoms with Gasteiger partial charge < -0.3 is 5.32 Å². The number of amides is 3. The molecule has 5 rings (SSSR count). The van der Waals surface area contributed by atoms with Crippen LogP contribution in [0.3, 0.4) is 0 Å². The van der Waals surface area contributed by atoms with E-state index in [1.54, 1.807) is 0 Å². The van der Waals surface area contributed by atoms with Crippen LogP contribution in [0.25, 0.3) is 0 Å². The molecule has 0 radical (unpaired) electrons. The number of nitrogens with zero attached hydrogens (tertiary/aromatic N) is 1. The second kappa shape index (κ2) is 5.07. The van der Waals surface area contributed by atoms with Crippen molar-refractivity contribution in [3.63, 3.8) is 0 Å². The van der Waals surface area contributed by atoms with Gasteiger partial charge in [-0.05, 0) is 56.3 Å². The van der Waals surface area contributed by atoms with Gasteiger partial charge in [0.15, 0.2) is 0 Å². The summed E-state index contributed by atoms with van der Waals surface area (Å²) in [6, 6.07) is 0. The molecule has 4 aliphatic carbocycles. The van der Waals surface area contributed by atoms with Crippen molar-refractivity contribution < 1.29 is 14.4 Å². The van der Waals surface area contributed by atoms with E-state index in [4.69, 9.17) is 0 Å². The highest BCUT2D eigenvalue weighted by Gasteiger charge is 2.54. The third-order valence-electron chi connectivity index (χ3n) is 6.30. The number of likely N-dealkylation sites (tertiary alicyclic amines) is 1. The Morgan fingerprint density at radius 2 is 1.50 bits per heavy atom. The van der Waals surface area contributed by atoms with E-state index in [0.717, 1.165) is 37.0 Å². The molecule has 0 aromatic rings. The summed E-state index contributed by atoms with van der Waals surface area (Å²) in [7, 11) is 0. The number of hydrogen-bond acceptors (Lipinski definition) is 3. The van der Waals surface area contributed by atoms with Crippen LogP contribution >= 0.6 is 0 Å². The van der Waals surface area contributed by atoms with E-state index in [0.29, 0.717) is 25.9 Å². The predicted molar refractivity (Wildman–Crippen MR) is 79.6 cm³/mol. The molecule has 5 heteroatoms. The molecule has 5 fully saturated rings. The molecule has 0 aromatic heterocycles. The van der Waals surface area contributed by atoms with Crippen molar-refractivity contribution in [3.05, 3.63) is 0 Å². The summed E-state index contributed by atoms with van der Waals surface area (Å²) in [6.07, 6.45) is 7.75. The Hall–Kier alpha value is -1.39. The summed E-state index contributed by atoms with van der Waals surface area (Å²) in [4.78, 5) is 37.2. The Kier molecular flexibility index (Phi) is 3.27. The summed E-state index contributed by atoms with van der Waals surface area (Å²) in [5, 5.41) is 3.02. The monoisotopic (exact) mass is 304 g/mol. The quantitative estimate of drug-likeness (QED) is 0.800. The predicted octanol–water partition coefficient (Wildman–Crippen LogP) is 1.47. The van der Waals surface area contributed by atoms with Crippen LogP contribution in [0, 0.1) is 23.2 Å². The fourth-order valence-electron chi connectivity index (χ4n) is 5.73. The number of carbonyl (C=O) groups is 3. The van der Waals surface area contributed by atoms with Crippen molar-refractivity contribution in [2.24, 2.45) is 23.2 Å². The molecule has 0 unspecified atom stereocenters. The molecule has 120 valence electrons. The molecular formula is C17H24N2O3. The van der Waals surface area contributed by atoms with E-state index < -0.39 is 0 Å². The number of carbonyl (C=O) groups excluding carboxylic acids is 3. The van der Waals surface area contributed by atoms with Crippen LogP contribution in [0.15, 0.2) is 0 Å². The average Bonchev–Trinajstić information content (AvgIpc) is 2.77. The van der Waals surface area contributed by atoms with E-state index in [-0.39, 0.29) is 23.1 Å². The van der Waals surface area contributed by atoms with Gasteiger partial charge in [0.1, 0.15) is 0 Å². The standard InChI is InChI=1S/C17H24N2O3/c20-14-1-2-15(21)19(14)4-3-18-16(22)17-8-11-5-12(9-17)7-13(6-11)10-17/h11-13H,1-10H2,(H,18,22). The minimum absolute atomic E-state index is 0.103. The maximum absolute atomic E-state index is 12.7. The lowest BCUT2D eigenvalue weighted by Crippen LogP contribution is -2.54. The van der Waals surface area contributed by atoms with Crippen molar-refractivity contribution in [2.75, 3.05) is 13.1 Å². The van der Waals surface area contributed by atoms with E-state index in [2.05, 4.69) is 5.32 Å². The zero-order valence-corrected chi connectivity index (χ0v) is 13.0. The highest BCUT2D eigenvalue weighted by Crippen LogP contribution is 2.60. The highest BCUT2D eigenvalue weighted by atomic mass is 16.2. The van der Waals surface area contributed by atoms with E-state index in [1.807, 2.05) is 0 Å². The van der Waals surface area contributed by atoms with Crippen molar-refractivity contribution in [2.45, 2.75) is 51.4 Å². The Balaban J connectivity index is 1.35. The molecule has 3 amide bonds. The summed E-state index contributed by atoms with van der Waals surface area (Å²) < 4.78 is 0. The summed E-state index contributed by atoms with van der Waals surface area (Å²) in [5.41, 5.74) is -0.145. The third kappa shape index (κ3) is 2.25. The van der Waals surface area contributed by atoms with E-state index in [9.17, 15) is 14.4 Å². The van der Waals surface area contributed by atoms with Crippen LogP contribution in [-0.4, -0.2) is 35.7 Å². The van der Waals surface area contributed by atoms with Gasteiger partial charge in [-0.15, -0.1) is 0 Å². The SMILES string of the molecule is O=C1CCC(=O)N1CCNC(=O)C12CC3CC(CC(C3)C1)C2. The molecule has 1 N–H and O–H groups in total. The van der Waals surface area contributed by atoms with Crippen LogP contribution in [0.5, 0.6) is 0 Å². The first-order valence-electron chi connectivity index (χ1n) is 8.67. The smallest absolute Gasteiger partial charge is 0.229 e. The maximum atomic E-state index is 12.7. The zero-order valence-electron chi connectivity index (χ0n) is 13.0. The molecule has 0 aromatic carbocycles. The number of nitrogens with one attached hydrogen (secondary N) is 1. The van der Waals surface area contributed by atoms with Gasteiger partial charge in [-0.1, -0.05) is 0 Å². The summed E-state index contributed by atoms with van der Waals surface area (Å²) in [5.74, 6) is 2.21. The third-order valence-corrected chi connectivity index (χ3v) is 6.30. The molecule has 0 atom stereocenters. The summed E-state index contributed by atoms with van der Waals surface area (Å²) >= 11 is 0. The van der Waals surface area contributed by atoms with Crippen molar-refractivity contribution >= 4 is 17.7 Å². The van der Waals surface area contributed by atoms with Gasteiger partial charge in [0, 0.05) is 31.3 Å². The molecule has 5 nitrogen and oxygen atoms in total. The van der Waals surface area contributed by atoms with Gasteiger partial charge >= 0.3 is 0 Å². The van der Waals surface area contributed by atoms with Crippen LogP contribution in [-0.2, 0) is 14.4 Å². The molecule has 1 aliphatic heterocycles.